The quantitative estimate of drug-likeness (QED) is 0.766. The predicted molar refractivity (Wildman–Crippen MR) is 89.9 cm³/mol. The number of thiophene rings is 1. The Labute approximate surface area is 138 Å². The van der Waals surface area contributed by atoms with E-state index in [-0.39, 0.29) is 23.5 Å². The van der Waals surface area contributed by atoms with Gasteiger partial charge in [-0.15, -0.1) is 23.1 Å². The molecule has 1 aliphatic rings. The lowest BCUT2D eigenvalue weighted by Gasteiger charge is -2.35. The lowest BCUT2D eigenvalue weighted by Crippen LogP contribution is -2.40. The third-order valence-corrected chi connectivity index (χ3v) is 6.02. The molecule has 5 heteroatoms. The number of carbonyl (C=O) groups is 1. The van der Waals surface area contributed by atoms with Crippen molar-refractivity contribution in [2.24, 2.45) is 0 Å². The summed E-state index contributed by atoms with van der Waals surface area (Å²) in [6.45, 7) is 2.88. The van der Waals surface area contributed by atoms with Crippen molar-refractivity contribution in [2.75, 3.05) is 12.3 Å². The van der Waals surface area contributed by atoms with Gasteiger partial charge in [0.25, 0.3) is 0 Å². The molecule has 0 radical (unpaired) electrons. The van der Waals surface area contributed by atoms with E-state index in [0.717, 1.165) is 19.4 Å². The number of benzene rings is 1. The molecule has 0 fully saturated rings. The van der Waals surface area contributed by atoms with Crippen molar-refractivity contribution in [2.45, 2.75) is 30.7 Å². The molecule has 116 valence electrons. The van der Waals surface area contributed by atoms with Crippen LogP contribution in [-0.4, -0.2) is 23.1 Å². The first kappa shape index (κ1) is 15.6. The Bertz CT molecular complexity index is 670. The summed E-state index contributed by atoms with van der Waals surface area (Å²) in [5, 5.41) is 2.11. The topological polar surface area (TPSA) is 20.3 Å². The van der Waals surface area contributed by atoms with Gasteiger partial charge in [-0.1, -0.05) is 19.1 Å². The van der Waals surface area contributed by atoms with E-state index in [0.29, 0.717) is 4.90 Å². The second-order valence-electron chi connectivity index (χ2n) is 5.28. The third-order valence-electron chi connectivity index (χ3n) is 3.99. The average Bonchev–Trinajstić information content (AvgIpc) is 3.01. The van der Waals surface area contributed by atoms with E-state index in [2.05, 4.69) is 18.4 Å². The minimum absolute atomic E-state index is 0.0944. The molecule has 0 N–H and O–H groups in total. The van der Waals surface area contributed by atoms with Gasteiger partial charge in [-0.3, -0.25) is 4.79 Å². The Balaban J connectivity index is 1.69. The van der Waals surface area contributed by atoms with Crippen LogP contribution in [0.5, 0.6) is 0 Å². The molecule has 1 aromatic heterocycles. The second-order valence-corrected chi connectivity index (χ2v) is 7.30. The summed E-state index contributed by atoms with van der Waals surface area (Å²) in [4.78, 5) is 16.5. The number of amides is 1. The van der Waals surface area contributed by atoms with Crippen molar-refractivity contribution in [1.29, 1.82) is 0 Å². The number of rotatable bonds is 4. The zero-order valence-corrected chi connectivity index (χ0v) is 14.1. The number of fused-ring (bicyclic) bond motifs is 1. The van der Waals surface area contributed by atoms with E-state index in [4.69, 9.17) is 0 Å². The number of hydrogen-bond acceptors (Lipinski definition) is 3. The minimum atomic E-state index is -0.258. The number of halogens is 1. The molecule has 0 bridgehead atoms. The van der Waals surface area contributed by atoms with E-state index >= 15 is 0 Å². The van der Waals surface area contributed by atoms with E-state index in [1.165, 1.54) is 28.3 Å². The highest BCUT2D eigenvalue weighted by Gasteiger charge is 2.30. The lowest BCUT2D eigenvalue weighted by atomic mass is 9.98. The van der Waals surface area contributed by atoms with Crippen LogP contribution in [-0.2, 0) is 11.2 Å². The molecule has 1 aromatic carbocycles. The van der Waals surface area contributed by atoms with E-state index < -0.39 is 0 Å². The van der Waals surface area contributed by atoms with Crippen LogP contribution >= 0.6 is 23.1 Å². The van der Waals surface area contributed by atoms with Crippen molar-refractivity contribution in [1.82, 2.24) is 4.90 Å². The van der Waals surface area contributed by atoms with E-state index in [1.807, 2.05) is 4.90 Å². The first-order valence-corrected chi connectivity index (χ1v) is 9.30. The first-order chi connectivity index (χ1) is 10.7. The molecule has 1 aliphatic heterocycles. The van der Waals surface area contributed by atoms with Crippen LogP contribution in [0.3, 0.4) is 0 Å². The fourth-order valence-corrected chi connectivity index (χ4v) is 4.67. The van der Waals surface area contributed by atoms with Gasteiger partial charge < -0.3 is 4.90 Å². The smallest absolute Gasteiger partial charge is 0.233 e. The summed E-state index contributed by atoms with van der Waals surface area (Å²) in [5.74, 6) is 0.125. The van der Waals surface area contributed by atoms with Gasteiger partial charge in [0.15, 0.2) is 0 Å². The van der Waals surface area contributed by atoms with Crippen LogP contribution in [0.2, 0.25) is 0 Å². The summed E-state index contributed by atoms with van der Waals surface area (Å²) in [5.41, 5.74) is 1.29. The summed E-state index contributed by atoms with van der Waals surface area (Å²) >= 11 is 3.06. The molecule has 1 atom stereocenters. The summed E-state index contributed by atoms with van der Waals surface area (Å²) in [7, 11) is 0. The van der Waals surface area contributed by atoms with Crippen LogP contribution in [0, 0.1) is 5.82 Å². The van der Waals surface area contributed by atoms with Gasteiger partial charge in [0, 0.05) is 16.3 Å². The molecule has 22 heavy (non-hydrogen) atoms. The third kappa shape index (κ3) is 3.06. The molecule has 2 heterocycles. The SMILES string of the molecule is CCC1c2ccsc2CCN1C(=O)CSc1ccccc1F. The van der Waals surface area contributed by atoms with Crippen molar-refractivity contribution >= 4 is 29.0 Å². The maximum atomic E-state index is 13.6. The van der Waals surface area contributed by atoms with E-state index in [1.54, 1.807) is 29.5 Å². The maximum absolute atomic E-state index is 13.6. The van der Waals surface area contributed by atoms with Crippen molar-refractivity contribution in [3.63, 3.8) is 0 Å². The number of nitrogens with zero attached hydrogens (tertiary/aromatic N) is 1. The average molecular weight is 335 g/mol. The minimum Gasteiger partial charge on any atom is -0.335 e. The largest absolute Gasteiger partial charge is 0.335 e. The molecule has 1 amide bonds. The molecule has 0 aliphatic carbocycles. The van der Waals surface area contributed by atoms with Gasteiger partial charge in [-0.2, -0.15) is 0 Å². The molecule has 0 saturated carbocycles. The number of hydrogen-bond donors (Lipinski definition) is 0. The van der Waals surface area contributed by atoms with Crippen LogP contribution in [0.15, 0.2) is 40.6 Å². The Hall–Kier alpha value is -1.33. The molecule has 2 aromatic rings. The Kier molecular flexibility index (Phi) is 4.84. The number of thioether (sulfide) groups is 1. The molecule has 3 rings (SSSR count). The van der Waals surface area contributed by atoms with Crippen LogP contribution in [0.25, 0.3) is 0 Å². The summed E-state index contributed by atoms with van der Waals surface area (Å²) in [6, 6.07) is 8.92. The van der Waals surface area contributed by atoms with Gasteiger partial charge in [0.1, 0.15) is 5.82 Å². The Morgan fingerprint density at radius 2 is 2.23 bits per heavy atom. The van der Waals surface area contributed by atoms with Gasteiger partial charge in [-0.05, 0) is 42.0 Å². The normalized spacial score (nSPS) is 17.4. The monoisotopic (exact) mass is 335 g/mol. The zero-order chi connectivity index (χ0) is 15.5. The molecule has 0 spiro atoms. The first-order valence-electron chi connectivity index (χ1n) is 7.43. The van der Waals surface area contributed by atoms with Gasteiger partial charge in [0.2, 0.25) is 5.91 Å². The standard InChI is InChI=1S/C17H18FNOS2/c1-2-14-12-8-10-21-15(12)7-9-19(14)17(20)11-22-16-6-4-3-5-13(16)18/h3-6,8,10,14H,2,7,9,11H2,1H3. The highest BCUT2D eigenvalue weighted by molar-refractivity contribution is 8.00. The maximum Gasteiger partial charge on any atom is 0.233 e. The highest BCUT2D eigenvalue weighted by atomic mass is 32.2. The highest BCUT2D eigenvalue weighted by Crippen LogP contribution is 2.35. The molecule has 0 saturated heterocycles. The summed E-state index contributed by atoms with van der Waals surface area (Å²) < 4.78 is 13.6. The molecule has 1 unspecified atom stereocenters. The van der Waals surface area contributed by atoms with E-state index in [9.17, 15) is 9.18 Å². The van der Waals surface area contributed by atoms with Crippen LogP contribution < -0.4 is 0 Å². The van der Waals surface area contributed by atoms with Crippen molar-refractivity contribution in [3.05, 3.63) is 52.0 Å². The molecular weight excluding hydrogens is 317 g/mol. The van der Waals surface area contributed by atoms with Gasteiger partial charge in [0.05, 0.1) is 11.8 Å². The summed E-state index contributed by atoms with van der Waals surface area (Å²) in [6.07, 6.45) is 1.85. The van der Waals surface area contributed by atoms with Crippen LogP contribution in [0.1, 0.15) is 29.8 Å². The molecule has 2 nitrogen and oxygen atoms in total. The zero-order valence-electron chi connectivity index (χ0n) is 12.4. The number of carbonyl (C=O) groups excluding carboxylic acids is 1. The Morgan fingerprint density at radius 1 is 1.41 bits per heavy atom. The van der Waals surface area contributed by atoms with Crippen LogP contribution in [0.4, 0.5) is 4.39 Å². The fraction of sp³-hybridized carbons (Fsp3) is 0.353. The predicted octanol–water partition coefficient (Wildman–Crippen LogP) is 4.52. The lowest BCUT2D eigenvalue weighted by molar-refractivity contribution is -0.131. The van der Waals surface area contributed by atoms with Crippen molar-refractivity contribution < 1.29 is 9.18 Å². The van der Waals surface area contributed by atoms with Gasteiger partial charge >= 0.3 is 0 Å². The van der Waals surface area contributed by atoms with Gasteiger partial charge in [-0.25, -0.2) is 4.39 Å². The Morgan fingerprint density at radius 3 is 3.00 bits per heavy atom. The second kappa shape index (κ2) is 6.84. The fourth-order valence-electron chi connectivity index (χ4n) is 2.92. The molecular formula is C17H18FNOS2. The van der Waals surface area contributed by atoms with Crippen molar-refractivity contribution in [3.8, 4) is 0 Å².